The van der Waals surface area contributed by atoms with Crippen molar-refractivity contribution in [1.29, 1.82) is 0 Å². The SMILES string of the molecule is CN(C(=O)Nc1cccc([N+](=O)[O-])c1)C1CCCCC1=NOC(=O)Nc1cccc([N+](=O)[O-])c1. The predicted octanol–water partition coefficient (Wildman–Crippen LogP) is 4.51. The van der Waals surface area contributed by atoms with E-state index in [-0.39, 0.29) is 22.7 Å². The number of carbonyl (C=O) groups excluding carboxylic acids is 2. The second-order valence-electron chi connectivity index (χ2n) is 7.50. The molecule has 3 rings (SSSR count). The molecule has 2 aromatic carbocycles. The summed E-state index contributed by atoms with van der Waals surface area (Å²) in [5, 5.41) is 30.7. The van der Waals surface area contributed by atoms with E-state index >= 15 is 0 Å². The maximum Gasteiger partial charge on any atom is 0.437 e. The van der Waals surface area contributed by atoms with Gasteiger partial charge in [-0.15, -0.1) is 0 Å². The molecule has 1 saturated carbocycles. The smallest absolute Gasteiger partial charge is 0.319 e. The van der Waals surface area contributed by atoms with Crippen LogP contribution < -0.4 is 10.6 Å². The molecule has 0 heterocycles. The van der Waals surface area contributed by atoms with Crippen molar-refractivity contribution in [2.75, 3.05) is 17.7 Å². The van der Waals surface area contributed by atoms with Crippen molar-refractivity contribution in [2.45, 2.75) is 31.7 Å². The molecule has 0 bridgehead atoms. The van der Waals surface area contributed by atoms with Crippen LogP contribution in [0.3, 0.4) is 0 Å². The van der Waals surface area contributed by atoms with Gasteiger partial charge in [-0.1, -0.05) is 23.7 Å². The number of rotatable bonds is 6. The number of oxime groups is 1. The van der Waals surface area contributed by atoms with Crippen LogP contribution >= 0.6 is 0 Å². The average molecular weight is 470 g/mol. The van der Waals surface area contributed by atoms with Gasteiger partial charge in [0.25, 0.3) is 11.4 Å². The van der Waals surface area contributed by atoms with E-state index in [4.69, 9.17) is 4.84 Å². The van der Waals surface area contributed by atoms with Gasteiger partial charge in [0.15, 0.2) is 0 Å². The van der Waals surface area contributed by atoms with Gasteiger partial charge in [0, 0.05) is 37.0 Å². The largest absolute Gasteiger partial charge is 0.437 e. The first-order valence-corrected chi connectivity index (χ1v) is 10.3. The third-order valence-corrected chi connectivity index (χ3v) is 5.19. The Balaban J connectivity index is 1.64. The van der Waals surface area contributed by atoms with Gasteiger partial charge < -0.3 is 10.2 Å². The highest BCUT2D eigenvalue weighted by Gasteiger charge is 2.29. The minimum Gasteiger partial charge on any atom is -0.319 e. The lowest BCUT2D eigenvalue weighted by Gasteiger charge is -2.32. The van der Waals surface area contributed by atoms with E-state index in [1.54, 1.807) is 7.05 Å². The van der Waals surface area contributed by atoms with Crippen LogP contribution in [0.15, 0.2) is 53.7 Å². The van der Waals surface area contributed by atoms with Gasteiger partial charge in [-0.3, -0.25) is 30.4 Å². The fourth-order valence-electron chi connectivity index (χ4n) is 3.49. The summed E-state index contributed by atoms with van der Waals surface area (Å²) in [7, 11) is 1.56. The molecule has 3 amide bonds. The van der Waals surface area contributed by atoms with Crippen LogP contribution in [0.2, 0.25) is 0 Å². The molecular formula is C21H22N6O7. The number of nitrogens with zero attached hydrogens (tertiary/aromatic N) is 4. The van der Waals surface area contributed by atoms with E-state index in [2.05, 4.69) is 15.8 Å². The van der Waals surface area contributed by atoms with Crippen molar-refractivity contribution >= 4 is 40.6 Å². The lowest BCUT2D eigenvalue weighted by Crippen LogP contribution is -2.46. The first kappa shape index (κ1) is 24.1. The topological polar surface area (TPSA) is 169 Å². The van der Waals surface area contributed by atoms with Gasteiger partial charge in [0.05, 0.1) is 27.3 Å². The Morgan fingerprint density at radius 2 is 1.59 bits per heavy atom. The molecule has 13 heteroatoms. The minimum absolute atomic E-state index is 0.150. The minimum atomic E-state index is -0.930. The number of benzene rings is 2. The molecule has 0 saturated heterocycles. The molecule has 0 radical (unpaired) electrons. The second kappa shape index (κ2) is 10.8. The molecule has 1 atom stereocenters. The van der Waals surface area contributed by atoms with E-state index in [9.17, 15) is 29.8 Å². The third-order valence-electron chi connectivity index (χ3n) is 5.19. The van der Waals surface area contributed by atoms with Crippen LogP contribution in [0.1, 0.15) is 25.7 Å². The van der Waals surface area contributed by atoms with Gasteiger partial charge in [-0.2, -0.15) is 0 Å². The fourth-order valence-corrected chi connectivity index (χ4v) is 3.49. The summed E-state index contributed by atoms with van der Waals surface area (Å²) >= 11 is 0. The third kappa shape index (κ3) is 6.25. The van der Waals surface area contributed by atoms with Gasteiger partial charge in [-0.05, 0) is 31.4 Å². The molecule has 2 N–H and O–H groups in total. The maximum atomic E-state index is 12.7. The molecule has 0 spiro atoms. The Labute approximate surface area is 193 Å². The quantitative estimate of drug-likeness (QED) is 0.355. The maximum absolute atomic E-state index is 12.7. The number of carbonyl (C=O) groups is 2. The lowest BCUT2D eigenvalue weighted by atomic mass is 9.92. The number of hydrogen-bond acceptors (Lipinski definition) is 8. The molecule has 0 aliphatic heterocycles. The number of anilines is 2. The Morgan fingerprint density at radius 3 is 2.18 bits per heavy atom. The summed E-state index contributed by atoms with van der Waals surface area (Å²) in [4.78, 5) is 51.8. The van der Waals surface area contributed by atoms with E-state index in [0.717, 1.165) is 12.8 Å². The van der Waals surface area contributed by atoms with Crippen LogP contribution in [-0.2, 0) is 4.84 Å². The van der Waals surface area contributed by atoms with E-state index < -0.39 is 28.0 Å². The molecule has 1 aliphatic rings. The molecule has 13 nitrogen and oxygen atoms in total. The van der Waals surface area contributed by atoms with Crippen molar-refractivity contribution in [3.8, 4) is 0 Å². The summed E-state index contributed by atoms with van der Waals surface area (Å²) in [6.45, 7) is 0. The number of nitro benzene ring substituents is 2. The van der Waals surface area contributed by atoms with E-state index in [1.165, 1.54) is 53.4 Å². The molecular weight excluding hydrogens is 448 g/mol. The fraction of sp³-hybridized carbons (Fsp3) is 0.286. The molecule has 1 aliphatic carbocycles. The van der Waals surface area contributed by atoms with Crippen molar-refractivity contribution in [2.24, 2.45) is 5.16 Å². The number of non-ortho nitro benzene ring substituents is 2. The van der Waals surface area contributed by atoms with E-state index in [0.29, 0.717) is 18.6 Å². The molecule has 1 unspecified atom stereocenters. The van der Waals surface area contributed by atoms with E-state index in [1.807, 2.05) is 0 Å². The first-order valence-electron chi connectivity index (χ1n) is 10.3. The normalized spacial score (nSPS) is 16.4. The number of nitro groups is 2. The molecule has 34 heavy (non-hydrogen) atoms. The standard InChI is InChI=1S/C21H22N6O7/c1-25(20(28)22-14-6-4-8-16(12-14)26(30)31)19-11-3-2-10-18(19)24-34-21(29)23-15-7-5-9-17(13-15)27(32)33/h4-9,12-13,19H,2-3,10-11H2,1H3,(H,22,28)(H,23,29). The molecule has 1 fully saturated rings. The molecule has 2 aromatic rings. The van der Waals surface area contributed by atoms with Crippen LogP contribution in [0.4, 0.5) is 32.3 Å². The van der Waals surface area contributed by atoms with Crippen molar-refractivity contribution in [1.82, 2.24) is 4.90 Å². The average Bonchev–Trinajstić information content (AvgIpc) is 2.82. The Hall–Kier alpha value is -4.55. The van der Waals surface area contributed by atoms with Gasteiger partial charge in [-0.25, -0.2) is 9.59 Å². The zero-order valence-corrected chi connectivity index (χ0v) is 18.2. The Morgan fingerprint density at radius 1 is 1.00 bits per heavy atom. The summed E-state index contributed by atoms with van der Waals surface area (Å²) in [5.74, 6) is 0. The Bertz CT molecular complexity index is 1140. The number of nitrogens with one attached hydrogen (secondary N) is 2. The van der Waals surface area contributed by atoms with Gasteiger partial charge >= 0.3 is 12.1 Å². The van der Waals surface area contributed by atoms with Gasteiger partial charge in [0.1, 0.15) is 0 Å². The number of urea groups is 1. The number of amides is 3. The van der Waals surface area contributed by atoms with Crippen LogP contribution in [0.25, 0.3) is 0 Å². The monoisotopic (exact) mass is 470 g/mol. The van der Waals surface area contributed by atoms with Crippen molar-refractivity contribution in [3.05, 3.63) is 68.8 Å². The molecule has 178 valence electrons. The highest BCUT2D eigenvalue weighted by molar-refractivity contribution is 5.97. The van der Waals surface area contributed by atoms with Gasteiger partial charge in [0.2, 0.25) is 0 Å². The summed E-state index contributed by atoms with van der Waals surface area (Å²) < 4.78 is 0. The predicted molar refractivity (Wildman–Crippen MR) is 123 cm³/mol. The summed E-state index contributed by atoms with van der Waals surface area (Å²) in [6.07, 6.45) is 1.79. The Kier molecular flexibility index (Phi) is 7.69. The summed E-state index contributed by atoms with van der Waals surface area (Å²) in [6, 6.07) is 10.00. The highest BCUT2D eigenvalue weighted by Crippen LogP contribution is 2.23. The van der Waals surface area contributed by atoms with Crippen molar-refractivity contribution in [3.63, 3.8) is 0 Å². The highest BCUT2D eigenvalue weighted by atomic mass is 16.7. The number of hydrogen-bond donors (Lipinski definition) is 2. The zero-order chi connectivity index (χ0) is 24.7. The zero-order valence-electron chi connectivity index (χ0n) is 18.2. The van der Waals surface area contributed by atoms with Crippen molar-refractivity contribution < 1.29 is 24.3 Å². The second-order valence-corrected chi connectivity index (χ2v) is 7.50. The van der Waals surface area contributed by atoms with Crippen LogP contribution in [-0.4, -0.2) is 45.7 Å². The molecule has 0 aromatic heterocycles. The first-order chi connectivity index (χ1) is 16.2. The van der Waals surface area contributed by atoms with Crippen LogP contribution in [0.5, 0.6) is 0 Å². The summed E-state index contributed by atoms with van der Waals surface area (Å²) in [5.41, 5.74) is 0.592. The lowest BCUT2D eigenvalue weighted by molar-refractivity contribution is -0.385. The van der Waals surface area contributed by atoms with Crippen LogP contribution in [0, 0.1) is 20.2 Å².